The number of methoxy groups -OCH3 is 1. The first kappa shape index (κ1) is 17.1. The van der Waals surface area contributed by atoms with Crippen LogP contribution < -0.4 is 10.0 Å². The lowest BCUT2D eigenvalue weighted by Gasteiger charge is -2.08. The second-order valence-electron chi connectivity index (χ2n) is 4.64. The molecule has 0 amide bonds. The summed E-state index contributed by atoms with van der Waals surface area (Å²) in [4.78, 5) is 0. The Bertz CT molecular complexity index is 472. The Balaban J connectivity index is 2.47. The third-order valence-electron chi connectivity index (χ3n) is 2.76. The quantitative estimate of drug-likeness (QED) is 0.638. The van der Waals surface area contributed by atoms with Crippen LogP contribution in [0.25, 0.3) is 0 Å². The summed E-state index contributed by atoms with van der Waals surface area (Å²) in [6.07, 6.45) is 1.10. The SMILES string of the molecule is CCCNCc1ccc(CS(=O)(=O)NCCOC)cc1. The molecule has 2 N–H and O–H groups in total. The number of hydrogen-bond donors (Lipinski definition) is 2. The van der Waals surface area contributed by atoms with Gasteiger partial charge in [0.1, 0.15) is 0 Å². The highest BCUT2D eigenvalue weighted by atomic mass is 32.2. The molecule has 0 aliphatic heterocycles. The highest BCUT2D eigenvalue weighted by Crippen LogP contribution is 2.07. The minimum atomic E-state index is -3.29. The van der Waals surface area contributed by atoms with E-state index in [0.717, 1.165) is 30.6 Å². The second-order valence-corrected chi connectivity index (χ2v) is 6.45. The highest BCUT2D eigenvalue weighted by Gasteiger charge is 2.10. The number of hydrogen-bond acceptors (Lipinski definition) is 4. The fourth-order valence-corrected chi connectivity index (χ4v) is 2.86. The fraction of sp³-hybridized carbons (Fsp3) is 0.571. The molecule has 114 valence electrons. The van der Waals surface area contributed by atoms with Crippen molar-refractivity contribution in [1.82, 2.24) is 10.0 Å². The van der Waals surface area contributed by atoms with E-state index in [1.54, 1.807) is 7.11 Å². The van der Waals surface area contributed by atoms with Crippen LogP contribution in [-0.4, -0.2) is 35.2 Å². The summed E-state index contributed by atoms with van der Waals surface area (Å²) >= 11 is 0. The molecule has 0 saturated heterocycles. The first-order chi connectivity index (χ1) is 9.57. The van der Waals surface area contributed by atoms with E-state index in [0.29, 0.717) is 13.2 Å². The molecule has 0 radical (unpaired) electrons. The van der Waals surface area contributed by atoms with Gasteiger partial charge in [0, 0.05) is 20.2 Å². The lowest BCUT2D eigenvalue weighted by molar-refractivity contribution is 0.204. The maximum Gasteiger partial charge on any atom is 0.215 e. The van der Waals surface area contributed by atoms with Crippen LogP contribution >= 0.6 is 0 Å². The first-order valence-electron chi connectivity index (χ1n) is 6.82. The van der Waals surface area contributed by atoms with Gasteiger partial charge in [0.2, 0.25) is 10.0 Å². The molecule has 0 atom stereocenters. The standard InChI is InChI=1S/C14H24N2O3S/c1-3-8-15-11-13-4-6-14(7-5-13)12-20(17,18)16-9-10-19-2/h4-7,15-16H,3,8-12H2,1-2H3. The number of nitrogens with one attached hydrogen (secondary N) is 2. The van der Waals surface area contributed by atoms with Crippen LogP contribution in [0.3, 0.4) is 0 Å². The molecule has 6 heteroatoms. The van der Waals surface area contributed by atoms with Crippen molar-refractivity contribution in [3.8, 4) is 0 Å². The monoisotopic (exact) mass is 300 g/mol. The molecule has 1 aromatic carbocycles. The normalized spacial score (nSPS) is 11.7. The van der Waals surface area contributed by atoms with Gasteiger partial charge >= 0.3 is 0 Å². The zero-order valence-electron chi connectivity index (χ0n) is 12.2. The maximum absolute atomic E-state index is 11.8. The van der Waals surface area contributed by atoms with Crippen molar-refractivity contribution < 1.29 is 13.2 Å². The summed E-state index contributed by atoms with van der Waals surface area (Å²) < 4.78 is 30.9. The van der Waals surface area contributed by atoms with Gasteiger partial charge in [0.25, 0.3) is 0 Å². The molecular formula is C14H24N2O3S. The predicted octanol–water partition coefficient (Wildman–Crippen LogP) is 1.25. The molecule has 0 aromatic heterocycles. The smallest absolute Gasteiger partial charge is 0.215 e. The van der Waals surface area contributed by atoms with E-state index in [9.17, 15) is 8.42 Å². The Morgan fingerprint density at radius 3 is 2.35 bits per heavy atom. The molecule has 0 aliphatic carbocycles. The minimum Gasteiger partial charge on any atom is -0.383 e. The lowest BCUT2D eigenvalue weighted by Crippen LogP contribution is -2.28. The second kappa shape index (κ2) is 9.07. The van der Waals surface area contributed by atoms with E-state index in [4.69, 9.17) is 4.74 Å². The van der Waals surface area contributed by atoms with Gasteiger partial charge in [-0.05, 0) is 24.1 Å². The van der Waals surface area contributed by atoms with Crippen molar-refractivity contribution >= 4 is 10.0 Å². The van der Waals surface area contributed by atoms with Crippen molar-refractivity contribution in [1.29, 1.82) is 0 Å². The predicted molar refractivity (Wildman–Crippen MR) is 80.9 cm³/mol. The third kappa shape index (κ3) is 7.00. The molecule has 1 rings (SSSR count). The zero-order valence-corrected chi connectivity index (χ0v) is 13.0. The van der Waals surface area contributed by atoms with Gasteiger partial charge in [-0.3, -0.25) is 0 Å². The van der Waals surface area contributed by atoms with E-state index >= 15 is 0 Å². The summed E-state index contributed by atoms with van der Waals surface area (Å²) in [6.45, 7) is 4.60. The van der Waals surface area contributed by atoms with Crippen molar-refractivity contribution in [2.24, 2.45) is 0 Å². The molecule has 0 saturated carbocycles. The molecule has 0 heterocycles. The molecule has 0 aliphatic rings. The van der Waals surface area contributed by atoms with Gasteiger partial charge in [-0.2, -0.15) is 0 Å². The van der Waals surface area contributed by atoms with E-state index in [1.807, 2.05) is 24.3 Å². The summed E-state index contributed by atoms with van der Waals surface area (Å²) in [5.41, 5.74) is 1.95. The molecular weight excluding hydrogens is 276 g/mol. The molecule has 0 unspecified atom stereocenters. The van der Waals surface area contributed by atoms with Gasteiger partial charge < -0.3 is 10.1 Å². The van der Waals surface area contributed by atoms with Crippen molar-refractivity contribution in [3.63, 3.8) is 0 Å². The number of benzene rings is 1. The van der Waals surface area contributed by atoms with E-state index in [1.165, 1.54) is 0 Å². The Hall–Kier alpha value is -0.950. The van der Waals surface area contributed by atoms with E-state index in [2.05, 4.69) is 17.0 Å². The van der Waals surface area contributed by atoms with Gasteiger partial charge in [-0.25, -0.2) is 13.1 Å². The molecule has 0 bridgehead atoms. The van der Waals surface area contributed by atoms with Crippen molar-refractivity contribution in [2.75, 3.05) is 26.8 Å². The number of sulfonamides is 1. The van der Waals surface area contributed by atoms with Crippen LogP contribution in [0.5, 0.6) is 0 Å². The molecule has 20 heavy (non-hydrogen) atoms. The Labute approximate surface area is 121 Å². The third-order valence-corrected chi connectivity index (χ3v) is 4.12. The van der Waals surface area contributed by atoms with Crippen LogP contribution in [0, 0.1) is 0 Å². The van der Waals surface area contributed by atoms with Crippen LogP contribution in [-0.2, 0) is 27.1 Å². The van der Waals surface area contributed by atoms with Crippen LogP contribution in [0.15, 0.2) is 24.3 Å². The number of rotatable bonds is 10. The number of ether oxygens (including phenoxy) is 1. The molecule has 0 fully saturated rings. The summed E-state index contributed by atoms with van der Waals surface area (Å²) in [7, 11) is -1.74. The Kier molecular flexibility index (Phi) is 7.76. The van der Waals surface area contributed by atoms with Crippen LogP contribution in [0.1, 0.15) is 24.5 Å². The van der Waals surface area contributed by atoms with Gasteiger partial charge in [-0.15, -0.1) is 0 Å². The van der Waals surface area contributed by atoms with Crippen LogP contribution in [0.4, 0.5) is 0 Å². The average molecular weight is 300 g/mol. The molecule has 1 aromatic rings. The van der Waals surface area contributed by atoms with Crippen LogP contribution in [0.2, 0.25) is 0 Å². The fourth-order valence-electron chi connectivity index (χ4n) is 1.73. The van der Waals surface area contributed by atoms with Crippen molar-refractivity contribution in [2.45, 2.75) is 25.6 Å². The summed E-state index contributed by atoms with van der Waals surface area (Å²) in [5, 5.41) is 3.31. The van der Waals surface area contributed by atoms with Crippen molar-refractivity contribution in [3.05, 3.63) is 35.4 Å². The molecule has 0 spiro atoms. The first-order valence-corrected chi connectivity index (χ1v) is 8.47. The Morgan fingerprint density at radius 1 is 1.10 bits per heavy atom. The zero-order chi connectivity index (χ0) is 14.8. The highest BCUT2D eigenvalue weighted by molar-refractivity contribution is 7.88. The lowest BCUT2D eigenvalue weighted by atomic mass is 10.1. The summed E-state index contributed by atoms with van der Waals surface area (Å²) in [5.74, 6) is -0.000612. The Morgan fingerprint density at radius 2 is 1.75 bits per heavy atom. The average Bonchev–Trinajstić information content (AvgIpc) is 2.41. The maximum atomic E-state index is 11.8. The largest absolute Gasteiger partial charge is 0.383 e. The van der Waals surface area contributed by atoms with Gasteiger partial charge in [-0.1, -0.05) is 31.2 Å². The molecule has 5 nitrogen and oxygen atoms in total. The minimum absolute atomic E-state index is 0.000612. The van der Waals surface area contributed by atoms with Gasteiger partial charge in [0.15, 0.2) is 0 Å². The van der Waals surface area contributed by atoms with E-state index < -0.39 is 10.0 Å². The topological polar surface area (TPSA) is 67.4 Å². The van der Waals surface area contributed by atoms with E-state index in [-0.39, 0.29) is 5.75 Å². The summed E-state index contributed by atoms with van der Waals surface area (Å²) in [6, 6.07) is 7.64. The van der Waals surface area contributed by atoms with Gasteiger partial charge in [0.05, 0.1) is 12.4 Å².